The molecule has 3 aromatic rings. The molecule has 2 N–H and O–H groups in total. The number of amides is 2. The van der Waals surface area contributed by atoms with Crippen molar-refractivity contribution in [1.29, 1.82) is 0 Å². The summed E-state index contributed by atoms with van der Waals surface area (Å²) < 4.78 is 7.80. The van der Waals surface area contributed by atoms with Crippen LogP contribution >= 0.6 is 11.6 Å². The normalized spacial score (nSPS) is 10.9. The van der Waals surface area contributed by atoms with E-state index < -0.39 is 16.7 Å². The number of aromatic nitrogens is 6. The van der Waals surface area contributed by atoms with E-state index in [0.29, 0.717) is 16.4 Å². The number of nitrogens with zero attached hydrogens (tertiary/aromatic N) is 7. The zero-order valence-corrected chi connectivity index (χ0v) is 18.2. The molecular formula is C17H20ClN9O5. The Bertz CT molecular complexity index is 1170. The maximum absolute atomic E-state index is 12.1. The third-order valence-corrected chi connectivity index (χ3v) is 4.98. The Morgan fingerprint density at radius 2 is 1.91 bits per heavy atom. The maximum atomic E-state index is 12.1. The summed E-state index contributed by atoms with van der Waals surface area (Å²) in [6.45, 7) is 5.43. The Morgan fingerprint density at radius 3 is 2.53 bits per heavy atom. The van der Waals surface area contributed by atoms with Gasteiger partial charge >= 0.3 is 17.6 Å². The van der Waals surface area contributed by atoms with Gasteiger partial charge in [-0.05, 0) is 25.7 Å². The summed E-state index contributed by atoms with van der Waals surface area (Å²) in [5, 5.41) is 28.2. The first kappa shape index (κ1) is 22.9. The van der Waals surface area contributed by atoms with Crippen molar-refractivity contribution in [2.75, 3.05) is 13.1 Å². The average Bonchev–Trinajstić information content (AvgIpc) is 3.41. The molecule has 3 heterocycles. The van der Waals surface area contributed by atoms with Crippen LogP contribution in [0.25, 0.3) is 0 Å². The quantitative estimate of drug-likeness (QED) is 0.259. The predicted octanol–water partition coefficient (Wildman–Crippen LogP) is 0.544. The van der Waals surface area contributed by atoms with Crippen LogP contribution in [-0.2, 0) is 17.9 Å². The molecule has 0 aliphatic heterocycles. The zero-order chi connectivity index (χ0) is 23.4. The molecule has 0 atom stereocenters. The average molecular weight is 466 g/mol. The van der Waals surface area contributed by atoms with E-state index in [2.05, 4.69) is 31.0 Å². The minimum Gasteiger partial charge on any atom is -0.358 e. The van der Waals surface area contributed by atoms with Gasteiger partial charge in [0, 0.05) is 13.1 Å². The van der Waals surface area contributed by atoms with E-state index in [1.165, 1.54) is 10.7 Å². The van der Waals surface area contributed by atoms with Crippen molar-refractivity contribution in [3.05, 3.63) is 50.0 Å². The van der Waals surface area contributed by atoms with Gasteiger partial charge in [-0.2, -0.15) is 14.8 Å². The molecular weight excluding hydrogens is 446 g/mol. The van der Waals surface area contributed by atoms with Gasteiger partial charge in [-0.3, -0.25) is 14.3 Å². The first-order valence-electron chi connectivity index (χ1n) is 9.41. The number of hydrogen-bond donors (Lipinski definition) is 2. The second-order valence-corrected chi connectivity index (χ2v) is 7.20. The van der Waals surface area contributed by atoms with E-state index in [1.807, 2.05) is 0 Å². The van der Waals surface area contributed by atoms with Crippen LogP contribution in [0.15, 0.2) is 10.6 Å². The van der Waals surface area contributed by atoms with E-state index >= 15 is 0 Å². The van der Waals surface area contributed by atoms with Gasteiger partial charge in [0.15, 0.2) is 5.82 Å². The van der Waals surface area contributed by atoms with Crippen molar-refractivity contribution in [1.82, 2.24) is 40.3 Å². The van der Waals surface area contributed by atoms with E-state index in [-0.39, 0.29) is 43.7 Å². The molecule has 0 saturated heterocycles. The summed E-state index contributed by atoms with van der Waals surface area (Å²) >= 11 is 6.11. The molecule has 3 aromatic heterocycles. The molecule has 0 saturated carbocycles. The monoisotopic (exact) mass is 465 g/mol. The van der Waals surface area contributed by atoms with Gasteiger partial charge in [-0.25, -0.2) is 0 Å². The van der Waals surface area contributed by atoms with Gasteiger partial charge < -0.3 is 25.3 Å². The van der Waals surface area contributed by atoms with E-state index in [0.717, 1.165) is 5.69 Å². The van der Waals surface area contributed by atoms with Crippen LogP contribution in [0, 0.1) is 30.9 Å². The fraction of sp³-hybridized carbons (Fsp3) is 0.412. The minimum absolute atomic E-state index is 0.105. The largest absolute Gasteiger partial charge is 0.390 e. The van der Waals surface area contributed by atoms with Crippen LogP contribution in [0.2, 0.25) is 5.02 Å². The molecule has 15 heteroatoms. The lowest BCUT2D eigenvalue weighted by molar-refractivity contribution is -0.389. The highest BCUT2D eigenvalue weighted by atomic mass is 35.5. The second kappa shape index (κ2) is 9.55. The van der Waals surface area contributed by atoms with Crippen LogP contribution < -0.4 is 10.6 Å². The number of rotatable bonds is 9. The molecule has 0 fully saturated rings. The van der Waals surface area contributed by atoms with Crippen molar-refractivity contribution in [2.45, 2.75) is 33.9 Å². The number of carbonyl (C=O) groups excluding carboxylic acids is 2. The highest BCUT2D eigenvalue weighted by Gasteiger charge is 2.19. The Kier molecular flexibility index (Phi) is 6.82. The van der Waals surface area contributed by atoms with Gasteiger partial charge in [0.05, 0.1) is 33.3 Å². The molecule has 0 bridgehead atoms. The minimum atomic E-state index is -0.633. The van der Waals surface area contributed by atoms with Crippen LogP contribution in [0.4, 0.5) is 5.82 Å². The summed E-state index contributed by atoms with van der Waals surface area (Å²) in [5.41, 5.74) is 1.90. The molecule has 0 unspecified atom stereocenters. The molecule has 0 aliphatic rings. The van der Waals surface area contributed by atoms with Gasteiger partial charge in [0.1, 0.15) is 13.1 Å². The summed E-state index contributed by atoms with van der Waals surface area (Å²) in [6, 6.07) is 1.27. The Hall–Kier alpha value is -3.81. The molecule has 0 aromatic carbocycles. The number of carbonyl (C=O) groups is 2. The van der Waals surface area contributed by atoms with Crippen LogP contribution in [0.1, 0.15) is 33.6 Å². The topological polar surface area (TPSA) is 176 Å². The Morgan fingerprint density at radius 1 is 1.19 bits per heavy atom. The summed E-state index contributed by atoms with van der Waals surface area (Å²) in [6.07, 6.45) is 0. The van der Waals surface area contributed by atoms with Crippen molar-refractivity contribution in [2.24, 2.45) is 0 Å². The number of halogens is 1. The van der Waals surface area contributed by atoms with Crippen LogP contribution in [-0.4, -0.2) is 59.5 Å². The highest BCUT2D eigenvalue weighted by Crippen LogP contribution is 2.19. The number of hydrogen-bond acceptors (Lipinski definition) is 9. The molecule has 0 radical (unpaired) electrons. The van der Waals surface area contributed by atoms with E-state index in [1.54, 1.807) is 25.5 Å². The first-order valence-corrected chi connectivity index (χ1v) is 9.79. The summed E-state index contributed by atoms with van der Waals surface area (Å²) in [5.74, 6) is -1.30. The third-order valence-electron chi connectivity index (χ3n) is 4.43. The number of nitrogens with one attached hydrogen (secondary N) is 2. The van der Waals surface area contributed by atoms with Crippen molar-refractivity contribution in [3.8, 4) is 0 Å². The van der Waals surface area contributed by atoms with Crippen LogP contribution in [0.3, 0.4) is 0 Å². The van der Waals surface area contributed by atoms with Gasteiger partial charge in [-0.15, -0.1) is 0 Å². The fourth-order valence-electron chi connectivity index (χ4n) is 2.76. The lowest BCUT2D eigenvalue weighted by Gasteiger charge is -2.05. The van der Waals surface area contributed by atoms with Gasteiger partial charge in [-0.1, -0.05) is 16.8 Å². The van der Waals surface area contributed by atoms with Crippen molar-refractivity contribution < 1.29 is 19.0 Å². The molecule has 0 aliphatic carbocycles. The first-order chi connectivity index (χ1) is 15.2. The predicted molar refractivity (Wildman–Crippen MR) is 109 cm³/mol. The summed E-state index contributed by atoms with van der Waals surface area (Å²) in [7, 11) is 0. The smallest absolute Gasteiger partial charge is 0.358 e. The van der Waals surface area contributed by atoms with E-state index in [4.69, 9.17) is 16.1 Å². The van der Waals surface area contributed by atoms with Gasteiger partial charge in [0.2, 0.25) is 5.91 Å². The molecule has 14 nitrogen and oxygen atoms in total. The number of aryl methyl sites for hydroxylation is 2. The SMILES string of the molecule is Cc1nn(Cc2noc(C(=O)NCCNC(=O)Cn3nc([N+](=O)[O-])cc3C)n2)c(C)c1Cl. The second-order valence-electron chi connectivity index (χ2n) is 6.82. The molecule has 170 valence electrons. The fourth-order valence-corrected chi connectivity index (χ4v) is 2.90. The highest BCUT2D eigenvalue weighted by molar-refractivity contribution is 6.31. The third kappa shape index (κ3) is 5.26. The Balaban J connectivity index is 1.44. The molecule has 0 spiro atoms. The van der Waals surface area contributed by atoms with Crippen molar-refractivity contribution in [3.63, 3.8) is 0 Å². The summed E-state index contributed by atoms with van der Waals surface area (Å²) in [4.78, 5) is 38.2. The molecule has 32 heavy (non-hydrogen) atoms. The lowest BCUT2D eigenvalue weighted by Crippen LogP contribution is -2.36. The van der Waals surface area contributed by atoms with Crippen LogP contribution in [0.5, 0.6) is 0 Å². The van der Waals surface area contributed by atoms with E-state index in [9.17, 15) is 19.7 Å². The number of nitro groups is 1. The van der Waals surface area contributed by atoms with Gasteiger partial charge in [0.25, 0.3) is 0 Å². The molecule has 3 rings (SSSR count). The lowest BCUT2D eigenvalue weighted by atomic mass is 10.4. The Labute approximate surface area is 186 Å². The van der Waals surface area contributed by atoms with Crippen molar-refractivity contribution >= 4 is 29.2 Å². The standard InChI is InChI=1S/C17H20ClN9O5/c1-9-6-13(27(30)31)23-25(9)8-14(28)19-4-5-20-16(29)17-21-12(24-32-17)7-26-11(3)15(18)10(2)22-26/h6H,4-5,7-8H2,1-3H3,(H,19,28)(H,20,29). The maximum Gasteiger partial charge on any atom is 0.390 e. The zero-order valence-electron chi connectivity index (χ0n) is 17.5. The molecule has 2 amide bonds.